The van der Waals surface area contributed by atoms with Crippen LogP contribution in [0.4, 0.5) is 0 Å². The van der Waals surface area contributed by atoms with Gasteiger partial charge in [0.15, 0.2) is 0 Å². The highest BCUT2D eigenvalue weighted by Crippen LogP contribution is 2.23. The quantitative estimate of drug-likeness (QED) is 0.850. The summed E-state index contributed by atoms with van der Waals surface area (Å²) >= 11 is 8.06. The molecule has 0 aromatic carbocycles. The van der Waals surface area contributed by atoms with Crippen LogP contribution in [-0.4, -0.2) is 29.2 Å². The number of nitrogens with zero attached hydrogens (tertiary/aromatic N) is 2. The smallest absolute Gasteiger partial charge is 0.307 e. The first-order valence-electron chi connectivity index (χ1n) is 5.50. The van der Waals surface area contributed by atoms with E-state index in [1.807, 2.05) is 17.5 Å². The Balaban J connectivity index is 2.11. The number of carbonyl (C=O) groups is 2. The lowest BCUT2D eigenvalue weighted by molar-refractivity contribution is -0.141. The number of hydrogen-bond acceptors (Lipinski definition) is 7. The first-order chi connectivity index (χ1) is 9.60. The Kier molecular flexibility index (Phi) is 5.05. The maximum atomic E-state index is 12.0. The van der Waals surface area contributed by atoms with Gasteiger partial charge in [0.25, 0.3) is 5.91 Å². The van der Waals surface area contributed by atoms with Gasteiger partial charge in [-0.1, -0.05) is 17.4 Å². The van der Waals surface area contributed by atoms with Gasteiger partial charge < -0.3 is 10.1 Å². The number of thiophene rings is 1. The second-order valence-corrected chi connectivity index (χ2v) is 6.22. The predicted octanol–water partition coefficient (Wildman–Crippen LogP) is 2.29. The predicted molar refractivity (Wildman–Crippen MR) is 76.1 cm³/mol. The number of esters is 1. The summed E-state index contributed by atoms with van der Waals surface area (Å²) < 4.78 is 4.83. The van der Waals surface area contributed by atoms with Crippen LogP contribution in [0.3, 0.4) is 0 Å². The fourth-order valence-corrected chi connectivity index (χ4v) is 2.99. The van der Waals surface area contributed by atoms with Crippen LogP contribution in [0.1, 0.15) is 27.1 Å². The Hall–Kier alpha value is -1.51. The third kappa shape index (κ3) is 3.75. The van der Waals surface area contributed by atoms with Crippen LogP contribution in [0, 0.1) is 0 Å². The summed E-state index contributed by atoms with van der Waals surface area (Å²) in [4.78, 5) is 24.3. The molecule has 1 amide bonds. The molecule has 106 valence electrons. The van der Waals surface area contributed by atoms with Crippen molar-refractivity contribution in [2.24, 2.45) is 0 Å². The lowest BCUT2D eigenvalue weighted by atomic mass is 10.1. The molecular weight excluding hydrogens is 322 g/mol. The normalized spacial score (nSPS) is 11.9. The van der Waals surface area contributed by atoms with Crippen LogP contribution in [0.25, 0.3) is 0 Å². The molecule has 0 aliphatic rings. The van der Waals surface area contributed by atoms with E-state index >= 15 is 0 Å². The van der Waals surface area contributed by atoms with Gasteiger partial charge in [-0.25, -0.2) is 0 Å². The number of nitrogens with one attached hydrogen (secondary N) is 1. The van der Waals surface area contributed by atoms with Crippen molar-refractivity contribution in [2.75, 3.05) is 7.11 Å². The van der Waals surface area contributed by atoms with Gasteiger partial charge in [0.2, 0.25) is 9.47 Å². The number of amides is 1. The van der Waals surface area contributed by atoms with E-state index in [-0.39, 0.29) is 15.9 Å². The number of aromatic nitrogens is 2. The highest BCUT2D eigenvalue weighted by molar-refractivity contribution is 7.17. The Labute approximate surface area is 127 Å². The van der Waals surface area contributed by atoms with Crippen molar-refractivity contribution in [3.8, 4) is 0 Å². The second-order valence-electron chi connectivity index (χ2n) is 3.68. The molecule has 0 aliphatic carbocycles. The zero-order chi connectivity index (χ0) is 14.5. The molecule has 0 saturated heterocycles. The maximum absolute atomic E-state index is 12.0. The van der Waals surface area contributed by atoms with E-state index in [2.05, 4.69) is 20.3 Å². The molecule has 2 rings (SSSR count). The number of carbonyl (C=O) groups excluding carboxylic acids is 2. The van der Waals surface area contributed by atoms with E-state index < -0.39 is 17.9 Å². The van der Waals surface area contributed by atoms with Gasteiger partial charge in [0.1, 0.15) is 0 Å². The second kappa shape index (κ2) is 6.78. The van der Waals surface area contributed by atoms with Crippen LogP contribution >= 0.6 is 34.3 Å². The third-order valence-corrected chi connectivity index (χ3v) is 4.39. The van der Waals surface area contributed by atoms with Crippen molar-refractivity contribution in [3.05, 3.63) is 31.9 Å². The highest BCUT2D eigenvalue weighted by Gasteiger charge is 2.22. The van der Waals surface area contributed by atoms with Crippen molar-refractivity contribution in [1.29, 1.82) is 0 Å². The molecule has 1 atom stereocenters. The van der Waals surface area contributed by atoms with E-state index in [1.165, 1.54) is 18.4 Å². The standard InChI is InChI=1S/C11H10ClN3O3S2/c1-18-8(16)5-6(7-3-2-4-19-7)13-9(17)10-14-15-11(12)20-10/h2-4,6H,5H2,1H3,(H,13,17). The Morgan fingerprint density at radius 3 is 2.85 bits per heavy atom. The minimum Gasteiger partial charge on any atom is -0.469 e. The third-order valence-electron chi connectivity index (χ3n) is 2.38. The average molecular weight is 332 g/mol. The fraction of sp³-hybridized carbons (Fsp3) is 0.273. The fourth-order valence-electron chi connectivity index (χ4n) is 1.48. The van der Waals surface area contributed by atoms with E-state index in [9.17, 15) is 9.59 Å². The molecule has 0 bridgehead atoms. The molecule has 0 spiro atoms. The van der Waals surface area contributed by atoms with Gasteiger partial charge in [-0.3, -0.25) is 9.59 Å². The van der Waals surface area contributed by atoms with E-state index in [1.54, 1.807) is 0 Å². The molecule has 1 unspecified atom stereocenters. The highest BCUT2D eigenvalue weighted by atomic mass is 35.5. The molecule has 0 aliphatic heterocycles. The van der Waals surface area contributed by atoms with Crippen molar-refractivity contribution < 1.29 is 14.3 Å². The van der Waals surface area contributed by atoms with Gasteiger partial charge in [0, 0.05) is 4.88 Å². The van der Waals surface area contributed by atoms with Crippen LogP contribution < -0.4 is 5.32 Å². The summed E-state index contributed by atoms with van der Waals surface area (Å²) in [6.07, 6.45) is 0.0509. The van der Waals surface area contributed by atoms with Crippen LogP contribution in [-0.2, 0) is 9.53 Å². The van der Waals surface area contributed by atoms with Gasteiger partial charge in [-0.2, -0.15) is 0 Å². The van der Waals surface area contributed by atoms with Crippen LogP contribution in [0.2, 0.25) is 4.47 Å². The van der Waals surface area contributed by atoms with Gasteiger partial charge in [-0.05, 0) is 23.0 Å². The molecule has 2 aromatic heterocycles. The molecule has 2 heterocycles. The molecule has 20 heavy (non-hydrogen) atoms. The Bertz CT molecular complexity index is 600. The molecule has 1 N–H and O–H groups in total. The van der Waals surface area contributed by atoms with Crippen molar-refractivity contribution in [1.82, 2.24) is 15.5 Å². The molecule has 0 saturated carbocycles. The Morgan fingerprint density at radius 2 is 2.30 bits per heavy atom. The minimum absolute atomic E-state index is 0.0509. The monoisotopic (exact) mass is 331 g/mol. The minimum atomic E-state index is -0.461. The first kappa shape index (κ1) is 14.9. The Morgan fingerprint density at radius 1 is 1.50 bits per heavy atom. The van der Waals surface area contributed by atoms with Crippen molar-refractivity contribution in [3.63, 3.8) is 0 Å². The summed E-state index contributed by atoms with van der Waals surface area (Å²) in [6, 6.07) is 3.22. The lowest BCUT2D eigenvalue weighted by Crippen LogP contribution is -2.30. The van der Waals surface area contributed by atoms with Gasteiger partial charge in [0.05, 0.1) is 19.6 Å². The maximum Gasteiger partial charge on any atom is 0.307 e. The summed E-state index contributed by atoms with van der Waals surface area (Å²) in [5.74, 6) is -0.823. The number of rotatable bonds is 5. The summed E-state index contributed by atoms with van der Waals surface area (Å²) in [5.41, 5.74) is 0. The molecule has 0 fully saturated rings. The first-order valence-corrected chi connectivity index (χ1v) is 7.57. The largest absolute Gasteiger partial charge is 0.469 e. The lowest BCUT2D eigenvalue weighted by Gasteiger charge is -2.15. The molecule has 9 heteroatoms. The number of halogens is 1. The topological polar surface area (TPSA) is 81.2 Å². The van der Waals surface area contributed by atoms with E-state index in [4.69, 9.17) is 11.6 Å². The van der Waals surface area contributed by atoms with Crippen LogP contribution in [0.5, 0.6) is 0 Å². The summed E-state index contributed by atoms with van der Waals surface area (Å²) in [5, 5.41) is 12.0. The number of ether oxygens (including phenoxy) is 1. The van der Waals surface area contributed by atoms with E-state index in [0.717, 1.165) is 16.2 Å². The summed E-state index contributed by atoms with van der Waals surface area (Å²) in [6.45, 7) is 0. The van der Waals surface area contributed by atoms with Crippen LogP contribution in [0.15, 0.2) is 17.5 Å². The van der Waals surface area contributed by atoms with Crippen molar-refractivity contribution >= 4 is 46.2 Å². The SMILES string of the molecule is COC(=O)CC(NC(=O)c1nnc(Cl)s1)c1cccs1. The molecule has 2 aromatic rings. The average Bonchev–Trinajstić information content (AvgIpc) is 3.08. The zero-order valence-corrected chi connectivity index (χ0v) is 12.7. The van der Waals surface area contributed by atoms with Gasteiger partial charge >= 0.3 is 5.97 Å². The van der Waals surface area contributed by atoms with E-state index in [0.29, 0.717) is 0 Å². The van der Waals surface area contributed by atoms with Crippen molar-refractivity contribution in [2.45, 2.75) is 12.5 Å². The molecular formula is C11H10ClN3O3S2. The zero-order valence-electron chi connectivity index (χ0n) is 10.3. The molecule has 6 nitrogen and oxygen atoms in total. The molecule has 0 radical (unpaired) electrons. The number of methoxy groups -OCH3 is 1. The number of hydrogen-bond donors (Lipinski definition) is 1. The summed E-state index contributed by atoms with van der Waals surface area (Å²) in [7, 11) is 1.31. The van der Waals surface area contributed by atoms with Gasteiger partial charge in [-0.15, -0.1) is 21.5 Å².